The molecule has 18 heavy (non-hydrogen) atoms. The monoisotopic (exact) mass is 249 g/mol. The largest absolute Gasteiger partial charge is 0.496 e. The number of carbonyl (C=O) groups is 1. The first-order valence-corrected chi connectivity index (χ1v) is 6.40. The topological polar surface area (TPSA) is 52.3 Å². The van der Waals surface area contributed by atoms with Crippen molar-refractivity contribution in [2.45, 2.75) is 46.1 Å². The van der Waals surface area contributed by atoms with Crippen molar-refractivity contribution in [3.63, 3.8) is 0 Å². The lowest BCUT2D eigenvalue weighted by Gasteiger charge is -2.13. The van der Waals surface area contributed by atoms with E-state index in [1.54, 1.807) is 7.11 Å². The number of Topliss-reactive ketones (excluding diaryl/α,β-unsaturated/α-hetero) is 1. The van der Waals surface area contributed by atoms with Gasteiger partial charge in [-0.05, 0) is 50.8 Å². The fourth-order valence-electron chi connectivity index (χ4n) is 1.99. The van der Waals surface area contributed by atoms with E-state index in [4.69, 9.17) is 10.5 Å². The minimum Gasteiger partial charge on any atom is -0.496 e. The minimum atomic E-state index is 0.135. The van der Waals surface area contributed by atoms with Gasteiger partial charge in [0.05, 0.1) is 12.7 Å². The van der Waals surface area contributed by atoms with Crippen LogP contribution in [0.2, 0.25) is 0 Å². The summed E-state index contributed by atoms with van der Waals surface area (Å²) in [6.07, 6.45) is 2.23. The van der Waals surface area contributed by atoms with Gasteiger partial charge in [0.15, 0.2) is 5.78 Å². The van der Waals surface area contributed by atoms with Gasteiger partial charge >= 0.3 is 0 Å². The summed E-state index contributed by atoms with van der Waals surface area (Å²) in [5.41, 5.74) is 8.54. The summed E-state index contributed by atoms with van der Waals surface area (Å²) in [5, 5.41) is 0. The summed E-state index contributed by atoms with van der Waals surface area (Å²) in [6.45, 7) is 5.95. The first-order valence-electron chi connectivity index (χ1n) is 6.40. The second-order valence-corrected chi connectivity index (χ2v) is 4.88. The maximum absolute atomic E-state index is 12.1. The van der Waals surface area contributed by atoms with Crippen molar-refractivity contribution < 1.29 is 9.53 Å². The molecule has 0 heterocycles. The van der Waals surface area contributed by atoms with Gasteiger partial charge in [-0.15, -0.1) is 0 Å². The first kappa shape index (κ1) is 14.7. The molecule has 0 aliphatic heterocycles. The lowest BCUT2D eigenvalue weighted by Crippen LogP contribution is -2.15. The van der Waals surface area contributed by atoms with Crippen molar-refractivity contribution in [2.24, 2.45) is 5.73 Å². The Morgan fingerprint density at radius 1 is 1.39 bits per heavy atom. The molecule has 0 fully saturated rings. The normalized spacial score (nSPS) is 12.3. The highest BCUT2D eigenvalue weighted by atomic mass is 16.5. The zero-order chi connectivity index (χ0) is 13.7. The van der Waals surface area contributed by atoms with Crippen molar-refractivity contribution in [1.29, 1.82) is 0 Å². The molecule has 1 aromatic rings. The molecule has 100 valence electrons. The van der Waals surface area contributed by atoms with Crippen molar-refractivity contribution >= 4 is 5.78 Å². The Hall–Kier alpha value is -1.35. The fraction of sp³-hybridized carbons (Fsp3) is 0.533. The van der Waals surface area contributed by atoms with Gasteiger partial charge in [-0.25, -0.2) is 0 Å². The molecule has 0 aliphatic carbocycles. The second-order valence-electron chi connectivity index (χ2n) is 4.88. The van der Waals surface area contributed by atoms with Crippen molar-refractivity contribution in [1.82, 2.24) is 0 Å². The van der Waals surface area contributed by atoms with E-state index in [0.717, 1.165) is 24.0 Å². The summed E-state index contributed by atoms with van der Waals surface area (Å²) in [4.78, 5) is 12.1. The molecule has 3 nitrogen and oxygen atoms in total. The Labute approximate surface area is 109 Å². The molecule has 0 saturated carbocycles. The van der Waals surface area contributed by atoms with Crippen LogP contribution < -0.4 is 10.5 Å². The van der Waals surface area contributed by atoms with Crippen LogP contribution in [0.3, 0.4) is 0 Å². The van der Waals surface area contributed by atoms with Crippen LogP contribution in [0.15, 0.2) is 12.1 Å². The third-order valence-corrected chi connectivity index (χ3v) is 3.24. The maximum atomic E-state index is 12.1. The average molecular weight is 249 g/mol. The Bertz CT molecular complexity index is 425. The standard InChI is InChI=1S/C15H23NO2/c1-10-8-9-13(15(18-4)12(10)3)14(17)7-5-6-11(2)16/h8-9,11H,5-7,16H2,1-4H3. The van der Waals surface area contributed by atoms with E-state index in [1.807, 2.05) is 32.9 Å². The number of aryl methyl sites for hydroxylation is 1. The quantitative estimate of drug-likeness (QED) is 0.788. The number of hydrogen-bond donors (Lipinski definition) is 1. The molecule has 0 aliphatic rings. The van der Waals surface area contributed by atoms with Crippen molar-refractivity contribution in [2.75, 3.05) is 7.11 Å². The molecule has 0 saturated heterocycles. The number of rotatable bonds is 6. The zero-order valence-electron chi connectivity index (χ0n) is 11.7. The van der Waals surface area contributed by atoms with E-state index >= 15 is 0 Å². The van der Waals surface area contributed by atoms with Gasteiger partial charge in [-0.1, -0.05) is 6.07 Å². The molecule has 2 N–H and O–H groups in total. The molecule has 3 heteroatoms. The van der Waals surface area contributed by atoms with Gasteiger partial charge in [-0.2, -0.15) is 0 Å². The predicted molar refractivity (Wildman–Crippen MR) is 74.3 cm³/mol. The van der Waals surface area contributed by atoms with E-state index in [1.165, 1.54) is 0 Å². The van der Waals surface area contributed by atoms with Crippen LogP contribution in [0, 0.1) is 13.8 Å². The van der Waals surface area contributed by atoms with Crippen LogP contribution in [-0.4, -0.2) is 18.9 Å². The van der Waals surface area contributed by atoms with Gasteiger partial charge in [0.25, 0.3) is 0 Å². The highest BCUT2D eigenvalue weighted by Crippen LogP contribution is 2.27. The minimum absolute atomic E-state index is 0.135. The first-order chi connectivity index (χ1) is 8.47. The lowest BCUT2D eigenvalue weighted by molar-refractivity contribution is 0.0976. The Morgan fingerprint density at radius 3 is 2.61 bits per heavy atom. The van der Waals surface area contributed by atoms with Crippen LogP contribution in [0.5, 0.6) is 5.75 Å². The number of ketones is 1. The van der Waals surface area contributed by atoms with Crippen LogP contribution in [0.1, 0.15) is 47.7 Å². The number of benzene rings is 1. The molecule has 1 aromatic carbocycles. The number of nitrogens with two attached hydrogens (primary N) is 1. The average Bonchev–Trinajstić information content (AvgIpc) is 2.31. The third-order valence-electron chi connectivity index (χ3n) is 3.24. The van der Waals surface area contributed by atoms with E-state index in [-0.39, 0.29) is 11.8 Å². The molecule has 0 bridgehead atoms. The number of hydrogen-bond acceptors (Lipinski definition) is 3. The van der Waals surface area contributed by atoms with Gasteiger partial charge < -0.3 is 10.5 Å². The van der Waals surface area contributed by atoms with Gasteiger partial charge in [0, 0.05) is 12.5 Å². The Kier molecular flexibility index (Phi) is 5.35. The Morgan fingerprint density at radius 2 is 2.06 bits per heavy atom. The predicted octanol–water partition coefficient (Wildman–Crippen LogP) is 3.01. The number of methoxy groups -OCH3 is 1. The smallest absolute Gasteiger partial charge is 0.166 e. The SMILES string of the molecule is COc1c(C(=O)CCCC(C)N)ccc(C)c1C. The number of carbonyl (C=O) groups excluding carboxylic acids is 1. The van der Waals surface area contributed by atoms with Crippen molar-refractivity contribution in [3.05, 3.63) is 28.8 Å². The zero-order valence-corrected chi connectivity index (χ0v) is 11.7. The molecule has 0 spiro atoms. The summed E-state index contributed by atoms with van der Waals surface area (Å²) >= 11 is 0. The van der Waals surface area contributed by atoms with Crippen molar-refractivity contribution in [3.8, 4) is 5.75 Å². The maximum Gasteiger partial charge on any atom is 0.166 e. The molecule has 0 radical (unpaired) electrons. The van der Waals surface area contributed by atoms with E-state index in [9.17, 15) is 4.79 Å². The summed E-state index contributed by atoms with van der Waals surface area (Å²) in [7, 11) is 1.61. The lowest BCUT2D eigenvalue weighted by atomic mass is 9.98. The van der Waals surface area contributed by atoms with Crippen LogP contribution in [0.4, 0.5) is 0 Å². The van der Waals surface area contributed by atoms with Crippen LogP contribution in [-0.2, 0) is 0 Å². The van der Waals surface area contributed by atoms with E-state index in [0.29, 0.717) is 17.7 Å². The van der Waals surface area contributed by atoms with E-state index in [2.05, 4.69) is 0 Å². The Balaban J connectivity index is 2.82. The van der Waals surface area contributed by atoms with Crippen LogP contribution >= 0.6 is 0 Å². The van der Waals surface area contributed by atoms with Gasteiger partial charge in [0.1, 0.15) is 5.75 Å². The molecule has 1 atom stereocenters. The highest BCUT2D eigenvalue weighted by Gasteiger charge is 2.15. The molecule has 1 rings (SSSR count). The molecule has 0 aromatic heterocycles. The summed E-state index contributed by atoms with van der Waals surface area (Å²) in [5.74, 6) is 0.844. The second kappa shape index (κ2) is 6.55. The highest BCUT2D eigenvalue weighted by molar-refractivity contribution is 5.99. The fourth-order valence-corrected chi connectivity index (χ4v) is 1.99. The van der Waals surface area contributed by atoms with Gasteiger partial charge in [-0.3, -0.25) is 4.79 Å². The number of ether oxygens (including phenoxy) is 1. The molecular formula is C15H23NO2. The van der Waals surface area contributed by atoms with Gasteiger partial charge in [0.2, 0.25) is 0 Å². The van der Waals surface area contributed by atoms with E-state index < -0.39 is 0 Å². The third kappa shape index (κ3) is 3.57. The summed E-state index contributed by atoms with van der Waals surface area (Å²) < 4.78 is 5.36. The van der Waals surface area contributed by atoms with Crippen LogP contribution in [0.25, 0.3) is 0 Å². The summed E-state index contributed by atoms with van der Waals surface area (Å²) in [6, 6.07) is 3.98. The molecule has 1 unspecified atom stereocenters. The molecule has 0 amide bonds. The molecular weight excluding hydrogens is 226 g/mol.